The minimum absolute atomic E-state index is 0.0933. The molecule has 0 radical (unpaired) electrons. The molecule has 0 bridgehead atoms. The first-order valence-corrected chi connectivity index (χ1v) is 10.4. The smallest absolute Gasteiger partial charge is 0.240 e. The highest BCUT2D eigenvalue weighted by Gasteiger charge is 2.22. The minimum Gasteiger partial charge on any atom is -0.508 e. The SMILES string of the molecule is CC(C)CO[C@H](C)c1noc(CN(Cc2ccccc2O)[C@@H](C)c2ccccc2)n1. The van der Waals surface area contributed by atoms with Gasteiger partial charge in [-0.3, -0.25) is 4.90 Å². The maximum absolute atomic E-state index is 10.3. The molecule has 1 N–H and O–H groups in total. The molecule has 3 aromatic rings. The van der Waals surface area contributed by atoms with Gasteiger partial charge in [-0.05, 0) is 31.4 Å². The number of benzene rings is 2. The van der Waals surface area contributed by atoms with Gasteiger partial charge in [0.1, 0.15) is 11.9 Å². The van der Waals surface area contributed by atoms with Crippen LogP contribution in [0.5, 0.6) is 5.75 Å². The quantitative estimate of drug-likeness (QED) is 0.492. The Bertz CT molecular complexity index is 911. The van der Waals surface area contributed by atoms with Crippen molar-refractivity contribution in [2.24, 2.45) is 5.92 Å². The van der Waals surface area contributed by atoms with Crippen LogP contribution in [0.2, 0.25) is 0 Å². The predicted octanol–water partition coefficient (Wildman–Crippen LogP) is 5.27. The maximum Gasteiger partial charge on any atom is 0.240 e. The van der Waals surface area contributed by atoms with Crippen LogP contribution in [0.25, 0.3) is 0 Å². The van der Waals surface area contributed by atoms with Crippen molar-refractivity contribution in [3.8, 4) is 5.75 Å². The summed E-state index contributed by atoms with van der Waals surface area (Å²) in [5.74, 6) is 1.81. The first-order chi connectivity index (χ1) is 14.4. The molecule has 2 atom stereocenters. The largest absolute Gasteiger partial charge is 0.508 e. The number of hydrogen-bond acceptors (Lipinski definition) is 6. The van der Waals surface area contributed by atoms with Gasteiger partial charge < -0.3 is 14.4 Å². The van der Waals surface area contributed by atoms with Crippen LogP contribution < -0.4 is 0 Å². The Morgan fingerprint density at radius 1 is 0.967 bits per heavy atom. The van der Waals surface area contributed by atoms with E-state index in [1.54, 1.807) is 6.07 Å². The molecule has 160 valence electrons. The summed E-state index contributed by atoms with van der Waals surface area (Å²) in [4.78, 5) is 6.77. The summed E-state index contributed by atoms with van der Waals surface area (Å²) in [7, 11) is 0. The van der Waals surface area contributed by atoms with E-state index in [0.29, 0.717) is 37.3 Å². The van der Waals surface area contributed by atoms with E-state index in [-0.39, 0.29) is 17.9 Å². The molecule has 0 unspecified atom stereocenters. The van der Waals surface area contributed by atoms with Crippen LogP contribution in [0.15, 0.2) is 59.1 Å². The van der Waals surface area contributed by atoms with Gasteiger partial charge in [-0.1, -0.05) is 67.5 Å². The monoisotopic (exact) mass is 409 g/mol. The van der Waals surface area contributed by atoms with E-state index in [4.69, 9.17) is 9.26 Å². The fraction of sp³-hybridized carbons (Fsp3) is 0.417. The summed E-state index contributed by atoms with van der Waals surface area (Å²) in [6, 6.07) is 17.8. The van der Waals surface area contributed by atoms with Gasteiger partial charge >= 0.3 is 0 Å². The van der Waals surface area contributed by atoms with E-state index >= 15 is 0 Å². The lowest BCUT2D eigenvalue weighted by Crippen LogP contribution is -2.26. The Hall–Kier alpha value is -2.70. The molecular weight excluding hydrogens is 378 g/mol. The van der Waals surface area contributed by atoms with Gasteiger partial charge in [0, 0.05) is 24.8 Å². The van der Waals surface area contributed by atoms with Gasteiger partial charge in [0.15, 0.2) is 5.82 Å². The number of aromatic nitrogens is 2. The molecule has 6 nitrogen and oxygen atoms in total. The molecule has 1 heterocycles. The van der Waals surface area contributed by atoms with Crippen molar-refractivity contribution in [3.05, 3.63) is 77.4 Å². The molecule has 0 spiro atoms. The molecule has 0 aliphatic rings. The highest BCUT2D eigenvalue weighted by atomic mass is 16.5. The summed E-state index contributed by atoms with van der Waals surface area (Å²) < 4.78 is 11.3. The zero-order valence-electron chi connectivity index (χ0n) is 18.2. The highest BCUT2D eigenvalue weighted by molar-refractivity contribution is 5.32. The van der Waals surface area contributed by atoms with Gasteiger partial charge in [-0.25, -0.2) is 0 Å². The molecule has 0 fully saturated rings. The van der Waals surface area contributed by atoms with Crippen LogP contribution >= 0.6 is 0 Å². The maximum atomic E-state index is 10.3. The molecule has 0 amide bonds. The number of para-hydroxylation sites is 1. The van der Waals surface area contributed by atoms with Crippen LogP contribution in [0.1, 0.15) is 62.7 Å². The second-order valence-corrected chi connectivity index (χ2v) is 8.04. The number of rotatable bonds is 10. The molecule has 3 rings (SSSR count). The van der Waals surface area contributed by atoms with E-state index in [0.717, 1.165) is 5.56 Å². The van der Waals surface area contributed by atoms with Crippen molar-refractivity contribution in [3.63, 3.8) is 0 Å². The van der Waals surface area contributed by atoms with Crippen molar-refractivity contribution in [1.29, 1.82) is 0 Å². The van der Waals surface area contributed by atoms with E-state index < -0.39 is 0 Å². The second-order valence-electron chi connectivity index (χ2n) is 8.04. The third kappa shape index (κ3) is 5.90. The first-order valence-electron chi connectivity index (χ1n) is 10.4. The second kappa shape index (κ2) is 10.4. The summed E-state index contributed by atoms with van der Waals surface area (Å²) in [6.45, 7) is 9.96. The molecule has 2 aromatic carbocycles. The lowest BCUT2D eigenvalue weighted by atomic mass is 10.1. The lowest BCUT2D eigenvalue weighted by molar-refractivity contribution is 0.0402. The molecule has 0 aliphatic heterocycles. The van der Waals surface area contributed by atoms with Gasteiger partial charge in [0.25, 0.3) is 0 Å². The predicted molar refractivity (Wildman–Crippen MR) is 116 cm³/mol. The van der Waals surface area contributed by atoms with Crippen molar-refractivity contribution in [2.75, 3.05) is 6.61 Å². The summed E-state index contributed by atoms with van der Waals surface area (Å²) in [6.07, 6.45) is -0.219. The average Bonchev–Trinajstić information content (AvgIpc) is 3.22. The highest BCUT2D eigenvalue weighted by Crippen LogP contribution is 2.27. The van der Waals surface area contributed by atoms with Crippen molar-refractivity contribution in [2.45, 2.75) is 52.9 Å². The first kappa shape index (κ1) is 22.0. The molecule has 30 heavy (non-hydrogen) atoms. The van der Waals surface area contributed by atoms with Gasteiger partial charge in [-0.15, -0.1) is 0 Å². The zero-order chi connectivity index (χ0) is 21.5. The van der Waals surface area contributed by atoms with E-state index in [2.05, 4.69) is 47.9 Å². The fourth-order valence-electron chi connectivity index (χ4n) is 3.22. The molecule has 6 heteroatoms. The van der Waals surface area contributed by atoms with E-state index in [9.17, 15) is 5.11 Å². The number of hydrogen-bond donors (Lipinski definition) is 1. The fourth-order valence-corrected chi connectivity index (χ4v) is 3.22. The third-order valence-electron chi connectivity index (χ3n) is 5.06. The van der Waals surface area contributed by atoms with E-state index in [1.165, 1.54) is 5.56 Å². The Labute approximate surface area is 178 Å². The Balaban J connectivity index is 1.78. The average molecular weight is 410 g/mol. The standard InChI is InChI=1S/C24H31N3O3/c1-17(2)16-29-19(4)24-25-23(30-26-24)15-27(14-21-12-8-9-13-22(21)28)18(3)20-10-6-5-7-11-20/h5-13,17-19,28H,14-16H2,1-4H3/t18-,19+/m0/s1. The van der Waals surface area contributed by atoms with Crippen LogP contribution in [0, 0.1) is 5.92 Å². The topological polar surface area (TPSA) is 71.6 Å². The molecular formula is C24H31N3O3. The minimum atomic E-state index is -0.219. The van der Waals surface area contributed by atoms with Crippen LogP contribution in [-0.2, 0) is 17.8 Å². The van der Waals surface area contributed by atoms with Crippen molar-refractivity contribution < 1.29 is 14.4 Å². The van der Waals surface area contributed by atoms with Crippen LogP contribution in [0.4, 0.5) is 0 Å². The number of phenolic OH excluding ortho intramolecular Hbond substituents is 1. The summed E-state index contributed by atoms with van der Waals surface area (Å²) in [5, 5.41) is 14.4. The van der Waals surface area contributed by atoms with E-state index in [1.807, 2.05) is 43.3 Å². The third-order valence-corrected chi connectivity index (χ3v) is 5.06. The summed E-state index contributed by atoms with van der Waals surface area (Å²) >= 11 is 0. The van der Waals surface area contributed by atoms with Crippen molar-refractivity contribution in [1.82, 2.24) is 15.0 Å². The Morgan fingerprint density at radius 3 is 2.37 bits per heavy atom. The molecule has 0 aliphatic carbocycles. The summed E-state index contributed by atoms with van der Waals surface area (Å²) in [5.41, 5.74) is 2.04. The van der Waals surface area contributed by atoms with Crippen LogP contribution in [-0.4, -0.2) is 26.8 Å². The molecule has 0 saturated carbocycles. The molecule has 1 aromatic heterocycles. The molecule has 0 saturated heterocycles. The number of nitrogens with zero attached hydrogens (tertiary/aromatic N) is 3. The Morgan fingerprint density at radius 2 is 1.67 bits per heavy atom. The number of phenols is 1. The zero-order valence-corrected chi connectivity index (χ0v) is 18.2. The Kier molecular flexibility index (Phi) is 7.60. The van der Waals surface area contributed by atoms with Crippen LogP contribution in [0.3, 0.4) is 0 Å². The lowest BCUT2D eigenvalue weighted by Gasteiger charge is -2.28. The number of aromatic hydroxyl groups is 1. The number of ether oxygens (including phenoxy) is 1. The van der Waals surface area contributed by atoms with Gasteiger partial charge in [-0.2, -0.15) is 4.98 Å². The van der Waals surface area contributed by atoms with Crippen molar-refractivity contribution >= 4 is 0 Å². The normalized spacial score (nSPS) is 13.7. The van der Waals surface area contributed by atoms with Gasteiger partial charge in [0.05, 0.1) is 6.54 Å². The van der Waals surface area contributed by atoms with Gasteiger partial charge in [0.2, 0.25) is 5.89 Å².